The highest BCUT2D eigenvalue weighted by molar-refractivity contribution is 7.98. The largest absolute Gasteiger partial charge is 0.284 e. The Balaban J connectivity index is 1.75. The third kappa shape index (κ3) is 3.49. The summed E-state index contributed by atoms with van der Waals surface area (Å²) in [5.41, 5.74) is 2.17. The number of benzene rings is 2. The third-order valence-corrected chi connectivity index (χ3v) is 5.95. The lowest BCUT2D eigenvalue weighted by Crippen LogP contribution is -2.29. The van der Waals surface area contributed by atoms with Crippen molar-refractivity contribution in [3.63, 3.8) is 0 Å². The summed E-state index contributed by atoms with van der Waals surface area (Å²) in [5, 5.41) is 1.59. The van der Waals surface area contributed by atoms with Crippen LogP contribution >= 0.6 is 11.8 Å². The fraction of sp³-hybridized carbons (Fsp3) is 0.333. The normalized spacial score (nSPS) is 15.5. The van der Waals surface area contributed by atoms with E-state index in [0.29, 0.717) is 0 Å². The highest BCUT2D eigenvalue weighted by Gasteiger charge is 2.21. The van der Waals surface area contributed by atoms with E-state index in [1.54, 1.807) is 11.8 Å². The Morgan fingerprint density at radius 2 is 1.68 bits per heavy atom. The maximum Gasteiger partial charge on any atom is 0.262 e. The maximum atomic E-state index is 13.2. The van der Waals surface area contributed by atoms with E-state index in [-0.39, 0.29) is 11.6 Å². The first kappa shape index (κ1) is 16.4. The number of hydrogen-bond donors (Lipinski definition) is 0. The summed E-state index contributed by atoms with van der Waals surface area (Å²) >= 11 is 1.67. The lowest BCUT2D eigenvalue weighted by Gasteiger charge is -2.26. The van der Waals surface area contributed by atoms with Crippen LogP contribution < -0.4 is 5.56 Å². The molecule has 0 unspecified atom stereocenters. The quantitative estimate of drug-likeness (QED) is 0.479. The maximum absolute atomic E-state index is 13.2. The lowest BCUT2D eigenvalue weighted by atomic mass is 9.95. The van der Waals surface area contributed by atoms with Gasteiger partial charge < -0.3 is 0 Å². The van der Waals surface area contributed by atoms with Crippen LogP contribution in [0.15, 0.2) is 64.5 Å². The number of aromatic nitrogens is 2. The zero-order valence-electron chi connectivity index (χ0n) is 14.2. The molecule has 0 aliphatic heterocycles. The van der Waals surface area contributed by atoms with E-state index in [0.717, 1.165) is 34.7 Å². The summed E-state index contributed by atoms with van der Waals surface area (Å²) in [7, 11) is 0. The van der Waals surface area contributed by atoms with Crippen molar-refractivity contribution in [1.82, 2.24) is 9.55 Å². The van der Waals surface area contributed by atoms with E-state index in [1.807, 2.05) is 34.9 Å². The predicted molar refractivity (Wildman–Crippen MR) is 104 cm³/mol. The SMILES string of the molecule is O=c1c2ccccc2nc(SCc2ccccc2)n1C1CCCCC1. The molecule has 2 aromatic carbocycles. The van der Waals surface area contributed by atoms with Crippen molar-refractivity contribution in [2.45, 2.75) is 49.1 Å². The van der Waals surface area contributed by atoms with Gasteiger partial charge >= 0.3 is 0 Å². The molecule has 0 spiro atoms. The third-order valence-electron chi connectivity index (χ3n) is 4.93. The average Bonchev–Trinajstić information content (AvgIpc) is 2.68. The van der Waals surface area contributed by atoms with Crippen LogP contribution in [0.5, 0.6) is 0 Å². The Morgan fingerprint density at radius 3 is 2.48 bits per heavy atom. The topological polar surface area (TPSA) is 34.9 Å². The van der Waals surface area contributed by atoms with Crippen LogP contribution in [-0.4, -0.2) is 9.55 Å². The van der Waals surface area contributed by atoms with Crippen molar-refractivity contribution in [2.24, 2.45) is 0 Å². The van der Waals surface area contributed by atoms with Crippen LogP contribution in [0.4, 0.5) is 0 Å². The molecule has 1 aliphatic carbocycles. The second-order valence-corrected chi connectivity index (χ2v) is 7.60. The van der Waals surface area contributed by atoms with E-state index >= 15 is 0 Å². The molecule has 0 N–H and O–H groups in total. The first-order valence-corrected chi connectivity index (χ1v) is 9.99. The molecule has 1 aromatic heterocycles. The van der Waals surface area contributed by atoms with Crippen molar-refractivity contribution in [2.75, 3.05) is 0 Å². The highest BCUT2D eigenvalue weighted by atomic mass is 32.2. The minimum absolute atomic E-state index is 0.119. The van der Waals surface area contributed by atoms with Gasteiger partial charge in [-0.3, -0.25) is 9.36 Å². The van der Waals surface area contributed by atoms with Crippen LogP contribution in [0.2, 0.25) is 0 Å². The van der Waals surface area contributed by atoms with Crippen molar-refractivity contribution >= 4 is 22.7 Å². The van der Waals surface area contributed by atoms with Gasteiger partial charge in [-0.15, -0.1) is 0 Å². The van der Waals surface area contributed by atoms with Gasteiger partial charge in [0.2, 0.25) is 0 Å². The number of rotatable bonds is 4. The van der Waals surface area contributed by atoms with Crippen molar-refractivity contribution < 1.29 is 0 Å². The Bertz CT molecular complexity index is 914. The molecule has 1 aliphatic rings. The number of para-hydroxylation sites is 1. The van der Waals surface area contributed by atoms with Crippen LogP contribution in [0, 0.1) is 0 Å². The second kappa shape index (κ2) is 7.44. The molecule has 1 heterocycles. The van der Waals surface area contributed by atoms with Gasteiger partial charge in [-0.1, -0.05) is 73.5 Å². The minimum atomic E-state index is 0.119. The fourth-order valence-corrected chi connectivity index (χ4v) is 4.63. The number of nitrogens with zero attached hydrogens (tertiary/aromatic N) is 2. The molecule has 1 saturated carbocycles. The summed E-state index contributed by atoms with van der Waals surface area (Å²) in [4.78, 5) is 18.0. The Labute approximate surface area is 152 Å². The summed E-state index contributed by atoms with van der Waals surface area (Å²) in [6.45, 7) is 0. The van der Waals surface area contributed by atoms with Crippen LogP contribution in [0.1, 0.15) is 43.7 Å². The van der Waals surface area contributed by atoms with E-state index in [2.05, 4.69) is 24.3 Å². The van der Waals surface area contributed by atoms with Crippen LogP contribution in [0.3, 0.4) is 0 Å². The first-order chi connectivity index (χ1) is 12.3. The molecule has 0 saturated heterocycles. The fourth-order valence-electron chi connectivity index (χ4n) is 3.61. The minimum Gasteiger partial charge on any atom is -0.284 e. The summed E-state index contributed by atoms with van der Waals surface area (Å²) in [6, 6.07) is 18.4. The van der Waals surface area contributed by atoms with Crippen molar-refractivity contribution in [3.05, 3.63) is 70.5 Å². The van der Waals surface area contributed by atoms with Crippen molar-refractivity contribution in [3.8, 4) is 0 Å². The molecule has 0 radical (unpaired) electrons. The van der Waals surface area contributed by atoms with E-state index < -0.39 is 0 Å². The lowest BCUT2D eigenvalue weighted by molar-refractivity contribution is 0.326. The monoisotopic (exact) mass is 350 g/mol. The molecule has 0 amide bonds. The highest BCUT2D eigenvalue weighted by Crippen LogP contribution is 2.32. The van der Waals surface area contributed by atoms with Gasteiger partial charge in [0.25, 0.3) is 5.56 Å². The summed E-state index contributed by atoms with van der Waals surface area (Å²) in [5.74, 6) is 0.832. The van der Waals surface area contributed by atoms with Gasteiger partial charge in [-0.05, 0) is 30.5 Å². The van der Waals surface area contributed by atoms with Gasteiger partial charge in [0, 0.05) is 11.8 Å². The molecule has 1 fully saturated rings. The zero-order valence-corrected chi connectivity index (χ0v) is 15.0. The second-order valence-electron chi connectivity index (χ2n) is 6.65. The zero-order chi connectivity index (χ0) is 17.1. The van der Waals surface area contributed by atoms with E-state index in [4.69, 9.17) is 4.98 Å². The van der Waals surface area contributed by atoms with Crippen LogP contribution in [-0.2, 0) is 5.75 Å². The Kier molecular flexibility index (Phi) is 4.88. The molecule has 128 valence electrons. The smallest absolute Gasteiger partial charge is 0.262 e. The standard InChI is InChI=1S/C21H22N2OS/c24-20-18-13-7-8-14-19(18)22-21(23(20)17-11-5-2-6-12-17)25-15-16-9-3-1-4-10-16/h1,3-4,7-10,13-14,17H,2,5-6,11-12,15H2. The Morgan fingerprint density at radius 1 is 0.960 bits per heavy atom. The van der Waals surface area contributed by atoms with Gasteiger partial charge in [-0.25, -0.2) is 4.98 Å². The molecule has 4 rings (SSSR count). The van der Waals surface area contributed by atoms with Crippen LogP contribution in [0.25, 0.3) is 10.9 Å². The molecule has 3 nitrogen and oxygen atoms in total. The molecule has 4 heteroatoms. The molecular formula is C21H22N2OS. The molecule has 0 bridgehead atoms. The van der Waals surface area contributed by atoms with Crippen molar-refractivity contribution in [1.29, 1.82) is 0 Å². The molecule has 0 atom stereocenters. The molecule has 25 heavy (non-hydrogen) atoms. The van der Waals surface area contributed by atoms with E-state index in [9.17, 15) is 4.79 Å². The van der Waals surface area contributed by atoms with Gasteiger partial charge in [0.05, 0.1) is 10.9 Å². The van der Waals surface area contributed by atoms with E-state index in [1.165, 1.54) is 24.8 Å². The predicted octanol–water partition coefficient (Wildman–Crippen LogP) is 5.19. The number of fused-ring (bicyclic) bond motifs is 1. The molecule has 3 aromatic rings. The first-order valence-electron chi connectivity index (χ1n) is 9.01. The van der Waals surface area contributed by atoms with Gasteiger partial charge in [0.15, 0.2) is 5.16 Å². The summed E-state index contributed by atoms with van der Waals surface area (Å²) in [6.07, 6.45) is 5.84. The average molecular weight is 350 g/mol. The number of thioether (sulfide) groups is 1. The van der Waals surface area contributed by atoms with Gasteiger partial charge in [-0.2, -0.15) is 0 Å². The van der Waals surface area contributed by atoms with Gasteiger partial charge in [0.1, 0.15) is 0 Å². The Hall–Kier alpha value is -2.07. The molecular weight excluding hydrogens is 328 g/mol. The summed E-state index contributed by atoms with van der Waals surface area (Å²) < 4.78 is 1.98. The number of hydrogen-bond acceptors (Lipinski definition) is 3.